The molecule has 1 saturated heterocycles. The summed E-state index contributed by atoms with van der Waals surface area (Å²) in [6, 6.07) is 7.83. The van der Waals surface area contributed by atoms with Crippen molar-refractivity contribution in [2.24, 2.45) is 7.05 Å². The van der Waals surface area contributed by atoms with Gasteiger partial charge in [-0.2, -0.15) is 0 Å². The number of imidazole rings is 1. The Bertz CT molecular complexity index is 673. The lowest BCUT2D eigenvalue weighted by atomic mass is 10.1. The zero-order valence-corrected chi connectivity index (χ0v) is 13.7. The molecule has 1 aliphatic rings. The van der Waals surface area contributed by atoms with E-state index in [1.165, 1.54) is 5.56 Å². The van der Waals surface area contributed by atoms with Gasteiger partial charge in [0.25, 0.3) is 5.91 Å². The molecule has 6 heteroatoms. The Morgan fingerprint density at radius 2 is 2.00 bits per heavy atom. The number of rotatable bonds is 4. The standard InChI is InChI=1S/C17H23N5O/c1-20-8-10-22(11-9-20)13-14-4-3-5-15(12-14)16(23)19-17-18-6-7-21(17)2/h3-7,12H,8-11,13H2,1-2H3,(H,18,19,23). The zero-order chi connectivity index (χ0) is 16.2. The van der Waals surface area contributed by atoms with E-state index in [1.807, 2.05) is 25.2 Å². The third kappa shape index (κ3) is 3.97. The third-order valence-electron chi connectivity index (χ3n) is 4.24. The lowest BCUT2D eigenvalue weighted by molar-refractivity contribution is 0.102. The topological polar surface area (TPSA) is 53.4 Å². The molecule has 1 amide bonds. The number of nitrogens with zero attached hydrogens (tertiary/aromatic N) is 4. The van der Waals surface area contributed by atoms with Crippen LogP contribution < -0.4 is 5.32 Å². The lowest BCUT2D eigenvalue weighted by Gasteiger charge is -2.32. The molecule has 6 nitrogen and oxygen atoms in total. The molecule has 1 fully saturated rings. The number of carbonyl (C=O) groups excluding carboxylic acids is 1. The predicted molar refractivity (Wildman–Crippen MR) is 90.4 cm³/mol. The Morgan fingerprint density at radius 3 is 2.70 bits per heavy atom. The smallest absolute Gasteiger partial charge is 0.257 e. The maximum atomic E-state index is 12.4. The van der Waals surface area contributed by atoms with Gasteiger partial charge in [0.05, 0.1) is 0 Å². The van der Waals surface area contributed by atoms with Gasteiger partial charge in [0.1, 0.15) is 0 Å². The first-order valence-corrected chi connectivity index (χ1v) is 7.90. The Kier molecular flexibility index (Phi) is 4.73. The maximum absolute atomic E-state index is 12.4. The number of amides is 1. The highest BCUT2D eigenvalue weighted by atomic mass is 16.1. The number of likely N-dealkylation sites (N-methyl/N-ethyl adjacent to an activating group) is 1. The molecule has 122 valence electrons. The van der Waals surface area contributed by atoms with E-state index in [-0.39, 0.29) is 5.91 Å². The van der Waals surface area contributed by atoms with Crippen molar-refractivity contribution >= 4 is 11.9 Å². The summed E-state index contributed by atoms with van der Waals surface area (Å²) in [7, 11) is 4.01. The number of aryl methyl sites for hydroxylation is 1. The van der Waals surface area contributed by atoms with Crippen LogP contribution in [0.5, 0.6) is 0 Å². The monoisotopic (exact) mass is 313 g/mol. The van der Waals surface area contributed by atoms with Crippen molar-refractivity contribution in [1.29, 1.82) is 0 Å². The number of aromatic nitrogens is 2. The first kappa shape index (κ1) is 15.7. The third-order valence-corrected chi connectivity index (χ3v) is 4.24. The Hall–Kier alpha value is -2.18. The summed E-state index contributed by atoms with van der Waals surface area (Å²) in [5.74, 6) is 0.430. The molecule has 0 bridgehead atoms. The molecular formula is C17H23N5O. The number of carbonyl (C=O) groups is 1. The van der Waals surface area contributed by atoms with Gasteiger partial charge in [-0.05, 0) is 24.7 Å². The lowest BCUT2D eigenvalue weighted by Crippen LogP contribution is -2.43. The molecule has 1 aliphatic heterocycles. The molecular weight excluding hydrogens is 290 g/mol. The Labute approximate surface area is 136 Å². The molecule has 0 atom stereocenters. The van der Waals surface area contributed by atoms with E-state index in [0.29, 0.717) is 11.5 Å². The maximum Gasteiger partial charge on any atom is 0.257 e. The molecule has 0 aliphatic carbocycles. The largest absolute Gasteiger partial charge is 0.320 e. The highest BCUT2D eigenvalue weighted by molar-refractivity contribution is 6.03. The molecule has 0 unspecified atom stereocenters. The second kappa shape index (κ2) is 6.93. The van der Waals surface area contributed by atoms with Crippen LogP contribution in [0.2, 0.25) is 0 Å². The van der Waals surface area contributed by atoms with Gasteiger partial charge in [-0.25, -0.2) is 4.98 Å². The molecule has 1 aromatic carbocycles. The van der Waals surface area contributed by atoms with Crippen molar-refractivity contribution in [3.05, 3.63) is 47.8 Å². The minimum atomic E-state index is -0.125. The van der Waals surface area contributed by atoms with Crippen LogP contribution in [-0.2, 0) is 13.6 Å². The predicted octanol–water partition coefficient (Wildman–Crippen LogP) is 1.42. The highest BCUT2D eigenvalue weighted by Gasteiger charge is 2.15. The van der Waals surface area contributed by atoms with Crippen LogP contribution in [-0.4, -0.2) is 58.5 Å². The molecule has 23 heavy (non-hydrogen) atoms. The van der Waals surface area contributed by atoms with E-state index in [2.05, 4.69) is 33.2 Å². The molecule has 0 spiro atoms. The van der Waals surface area contributed by atoms with Crippen LogP contribution in [0.15, 0.2) is 36.7 Å². The number of nitrogens with one attached hydrogen (secondary N) is 1. The molecule has 0 saturated carbocycles. The number of benzene rings is 1. The van der Waals surface area contributed by atoms with Crippen molar-refractivity contribution < 1.29 is 4.79 Å². The van der Waals surface area contributed by atoms with Crippen molar-refractivity contribution in [3.8, 4) is 0 Å². The second-order valence-corrected chi connectivity index (χ2v) is 6.10. The summed E-state index contributed by atoms with van der Waals surface area (Å²) >= 11 is 0. The summed E-state index contributed by atoms with van der Waals surface area (Å²) in [6.45, 7) is 5.22. The number of piperazine rings is 1. The first-order valence-electron chi connectivity index (χ1n) is 7.90. The van der Waals surface area contributed by atoms with Crippen LogP contribution in [0.4, 0.5) is 5.95 Å². The SMILES string of the molecule is CN1CCN(Cc2cccc(C(=O)Nc3nccn3C)c2)CC1. The first-order chi connectivity index (χ1) is 11.1. The summed E-state index contributed by atoms with van der Waals surface area (Å²) in [6.07, 6.45) is 3.47. The zero-order valence-electron chi connectivity index (χ0n) is 13.7. The van der Waals surface area contributed by atoms with E-state index >= 15 is 0 Å². The molecule has 2 heterocycles. The number of anilines is 1. The van der Waals surface area contributed by atoms with Crippen LogP contribution in [0, 0.1) is 0 Å². The van der Waals surface area contributed by atoms with E-state index < -0.39 is 0 Å². The normalized spacial score (nSPS) is 16.4. The van der Waals surface area contributed by atoms with Gasteiger partial charge in [-0.15, -0.1) is 0 Å². The average molecular weight is 313 g/mol. The van der Waals surface area contributed by atoms with Gasteiger partial charge in [-0.3, -0.25) is 15.0 Å². The summed E-state index contributed by atoms with van der Waals surface area (Å²) < 4.78 is 1.78. The van der Waals surface area contributed by atoms with E-state index in [9.17, 15) is 4.79 Å². The quantitative estimate of drug-likeness (QED) is 0.927. The fourth-order valence-corrected chi connectivity index (χ4v) is 2.73. The van der Waals surface area contributed by atoms with Gasteiger partial charge in [0.2, 0.25) is 5.95 Å². The van der Waals surface area contributed by atoms with Crippen LogP contribution in [0.1, 0.15) is 15.9 Å². The number of hydrogen-bond acceptors (Lipinski definition) is 4. The average Bonchev–Trinajstić information content (AvgIpc) is 2.95. The van der Waals surface area contributed by atoms with Gasteiger partial charge in [0, 0.05) is 57.7 Å². The van der Waals surface area contributed by atoms with Crippen molar-refractivity contribution in [2.45, 2.75) is 6.54 Å². The molecule has 1 aromatic heterocycles. The van der Waals surface area contributed by atoms with Gasteiger partial charge in [-0.1, -0.05) is 12.1 Å². The van der Waals surface area contributed by atoms with E-state index in [4.69, 9.17) is 0 Å². The number of hydrogen-bond donors (Lipinski definition) is 1. The summed E-state index contributed by atoms with van der Waals surface area (Å²) in [5.41, 5.74) is 1.83. The molecule has 0 radical (unpaired) electrons. The van der Waals surface area contributed by atoms with Gasteiger partial charge < -0.3 is 9.47 Å². The van der Waals surface area contributed by atoms with Crippen molar-refractivity contribution in [3.63, 3.8) is 0 Å². The molecule has 3 rings (SSSR count). The van der Waals surface area contributed by atoms with Crippen molar-refractivity contribution in [2.75, 3.05) is 38.5 Å². The van der Waals surface area contributed by atoms with Crippen LogP contribution >= 0.6 is 0 Å². The van der Waals surface area contributed by atoms with Crippen LogP contribution in [0.25, 0.3) is 0 Å². The van der Waals surface area contributed by atoms with E-state index in [1.54, 1.807) is 17.0 Å². The highest BCUT2D eigenvalue weighted by Crippen LogP contribution is 2.12. The fourth-order valence-electron chi connectivity index (χ4n) is 2.73. The van der Waals surface area contributed by atoms with Gasteiger partial charge >= 0.3 is 0 Å². The fraction of sp³-hybridized carbons (Fsp3) is 0.412. The van der Waals surface area contributed by atoms with Crippen molar-refractivity contribution in [1.82, 2.24) is 19.4 Å². The summed E-state index contributed by atoms with van der Waals surface area (Å²) in [4.78, 5) is 21.3. The van der Waals surface area contributed by atoms with Crippen LogP contribution in [0.3, 0.4) is 0 Å². The van der Waals surface area contributed by atoms with E-state index in [0.717, 1.165) is 32.7 Å². The Balaban J connectivity index is 1.65. The summed E-state index contributed by atoms with van der Waals surface area (Å²) in [5, 5.41) is 2.84. The minimum Gasteiger partial charge on any atom is -0.320 e. The van der Waals surface area contributed by atoms with Gasteiger partial charge in [0.15, 0.2) is 0 Å². The Morgan fingerprint density at radius 1 is 1.22 bits per heavy atom. The molecule has 2 aromatic rings. The minimum absolute atomic E-state index is 0.125. The molecule has 1 N–H and O–H groups in total. The second-order valence-electron chi connectivity index (χ2n) is 6.10.